The van der Waals surface area contributed by atoms with Gasteiger partial charge in [-0.05, 0) is 56.5 Å². The Hall–Kier alpha value is -1.70. The number of hydrogen-bond donors (Lipinski definition) is 0. The average Bonchev–Trinajstić information content (AvgIpc) is 2.28. The van der Waals surface area contributed by atoms with Crippen LogP contribution in [0.1, 0.15) is 37.2 Å². The van der Waals surface area contributed by atoms with Crippen LogP contribution in [0, 0.1) is 27.7 Å². The van der Waals surface area contributed by atoms with Gasteiger partial charge in [0.05, 0.1) is 0 Å². The molecule has 0 bridgehead atoms. The fourth-order valence-electron chi connectivity index (χ4n) is 1.11. The number of aryl methyl sites for hydroxylation is 4. The fraction of sp³-hybridized carbons (Fsp3) is 0.375. The van der Waals surface area contributed by atoms with Gasteiger partial charge in [-0.15, -0.1) is 0 Å². The van der Waals surface area contributed by atoms with Crippen LogP contribution in [0.4, 0.5) is 0 Å². The molecule has 0 aromatic carbocycles. The average molecular weight is 246 g/mol. The third-order valence-corrected chi connectivity index (χ3v) is 2.57. The Morgan fingerprint density at radius 3 is 1.78 bits per heavy atom. The zero-order valence-corrected chi connectivity index (χ0v) is 10.4. The minimum Gasteiger partial charge on any atom is -0.264 e. The quantitative estimate of drug-likeness (QED) is 0.675. The van der Waals surface area contributed by atoms with E-state index < -0.39 is 0 Å². The first-order valence-electron chi connectivity index (χ1n) is 5.36. The fourth-order valence-corrected chi connectivity index (χ4v) is 1.11. The molecular weight excluding hydrogens is 220 g/mol. The molecule has 0 saturated carbocycles. The largest absolute Gasteiger partial charge is 0.264 e. The summed E-state index contributed by atoms with van der Waals surface area (Å²) in [7, 11) is 0. The predicted molar refractivity (Wildman–Crippen MR) is 80.9 cm³/mol. The molecule has 0 fully saturated rings. The Morgan fingerprint density at radius 1 is 0.778 bits per heavy atom. The van der Waals surface area contributed by atoms with Crippen LogP contribution in [-0.2, 0) is 0 Å². The molecule has 0 unspecified atom stereocenters. The third kappa shape index (κ3) is 6.14. The molecule has 0 amide bonds. The Bertz CT molecular complexity index is 365. The first-order valence-corrected chi connectivity index (χ1v) is 5.36. The smallest absolute Gasteiger partial charge is 0.0401 e. The lowest BCUT2D eigenvalue weighted by Gasteiger charge is -1.92. The summed E-state index contributed by atoms with van der Waals surface area (Å²) < 4.78 is 0. The van der Waals surface area contributed by atoms with Crippen molar-refractivity contribution in [2.75, 3.05) is 0 Å². The summed E-state index contributed by atoms with van der Waals surface area (Å²) in [5.41, 5.74) is 4.94. The van der Waals surface area contributed by atoms with Crippen molar-refractivity contribution in [1.29, 1.82) is 0 Å². The van der Waals surface area contributed by atoms with Crippen molar-refractivity contribution >= 4 is 0 Å². The zero-order valence-electron chi connectivity index (χ0n) is 10.4. The molecule has 0 aliphatic heterocycles. The lowest BCUT2D eigenvalue weighted by molar-refractivity contribution is 1.15. The SMILES string of the molecule is C.C.Cc1cccnc1C.Cc1ccncc1C. The summed E-state index contributed by atoms with van der Waals surface area (Å²) in [6.45, 7) is 8.21. The molecule has 2 aromatic rings. The van der Waals surface area contributed by atoms with Crippen molar-refractivity contribution in [3.05, 3.63) is 59.2 Å². The molecule has 100 valence electrons. The van der Waals surface area contributed by atoms with E-state index in [1.54, 1.807) is 0 Å². The van der Waals surface area contributed by atoms with Crippen molar-refractivity contribution in [3.8, 4) is 0 Å². The molecule has 0 aliphatic rings. The van der Waals surface area contributed by atoms with Gasteiger partial charge in [-0.3, -0.25) is 9.97 Å². The second-order valence-electron chi connectivity index (χ2n) is 3.87. The van der Waals surface area contributed by atoms with Crippen LogP contribution >= 0.6 is 0 Å². The van der Waals surface area contributed by atoms with Gasteiger partial charge >= 0.3 is 0 Å². The lowest BCUT2D eigenvalue weighted by Crippen LogP contribution is -1.81. The molecular formula is C16H26N2. The molecule has 0 saturated heterocycles. The van der Waals surface area contributed by atoms with E-state index in [-0.39, 0.29) is 14.9 Å². The van der Waals surface area contributed by atoms with Crippen LogP contribution in [0.3, 0.4) is 0 Å². The summed E-state index contributed by atoms with van der Waals surface area (Å²) in [6, 6.07) is 6.01. The van der Waals surface area contributed by atoms with Gasteiger partial charge in [0.25, 0.3) is 0 Å². The normalized spacial score (nSPS) is 8.22. The van der Waals surface area contributed by atoms with Crippen LogP contribution in [0.5, 0.6) is 0 Å². The van der Waals surface area contributed by atoms with Gasteiger partial charge in [-0.2, -0.15) is 0 Å². The first-order chi connectivity index (χ1) is 7.61. The maximum atomic E-state index is 4.08. The first kappa shape index (κ1) is 18.7. The topological polar surface area (TPSA) is 25.8 Å². The molecule has 2 heteroatoms. The third-order valence-electron chi connectivity index (χ3n) is 2.57. The van der Waals surface area contributed by atoms with Crippen molar-refractivity contribution in [3.63, 3.8) is 0 Å². The summed E-state index contributed by atoms with van der Waals surface area (Å²) in [5.74, 6) is 0. The van der Waals surface area contributed by atoms with Gasteiger partial charge in [0.1, 0.15) is 0 Å². The van der Waals surface area contributed by atoms with E-state index in [0.29, 0.717) is 0 Å². The minimum absolute atomic E-state index is 0. The molecule has 2 rings (SSSR count). The Labute approximate surface area is 112 Å². The molecule has 2 heterocycles. The number of aromatic nitrogens is 2. The monoisotopic (exact) mass is 246 g/mol. The van der Waals surface area contributed by atoms with Gasteiger partial charge in [0, 0.05) is 24.3 Å². The van der Waals surface area contributed by atoms with Gasteiger partial charge in [-0.25, -0.2) is 0 Å². The van der Waals surface area contributed by atoms with E-state index in [1.807, 2.05) is 37.6 Å². The van der Waals surface area contributed by atoms with E-state index in [9.17, 15) is 0 Å². The second kappa shape index (κ2) is 9.34. The van der Waals surface area contributed by atoms with E-state index in [4.69, 9.17) is 0 Å². The predicted octanol–water partition coefficient (Wildman–Crippen LogP) is 4.67. The summed E-state index contributed by atoms with van der Waals surface area (Å²) in [6.07, 6.45) is 5.49. The molecule has 2 nitrogen and oxygen atoms in total. The number of hydrogen-bond acceptors (Lipinski definition) is 2. The molecule has 18 heavy (non-hydrogen) atoms. The van der Waals surface area contributed by atoms with Crippen molar-refractivity contribution < 1.29 is 0 Å². The lowest BCUT2D eigenvalue weighted by atomic mass is 10.2. The van der Waals surface area contributed by atoms with Gasteiger partial charge in [-0.1, -0.05) is 20.9 Å². The number of pyridine rings is 2. The van der Waals surface area contributed by atoms with Crippen LogP contribution in [0.25, 0.3) is 0 Å². The van der Waals surface area contributed by atoms with Crippen LogP contribution < -0.4 is 0 Å². The Balaban J connectivity index is 0. The molecule has 0 aliphatic carbocycles. The zero-order chi connectivity index (χ0) is 12.0. The highest BCUT2D eigenvalue weighted by Crippen LogP contribution is 2.00. The van der Waals surface area contributed by atoms with E-state index >= 15 is 0 Å². The highest BCUT2D eigenvalue weighted by Gasteiger charge is 1.86. The summed E-state index contributed by atoms with van der Waals surface area (Å²) >= 11 is 0. The highest BCUT2D eigenvalue weighted by atomic mass is 14.7. The van der Waals surface area contributed by atoms with E-state index in [0.717, 1.165) is 5.69 Å². The molecule has 0 spiro atoms. The van der Waals surface area contributed by atoms with Crippen LogP contribution in [0.15, 0.2) is 36.8 Å². The second-order valence-corrected chi connectivity index (χ2v) is 3.87. The van der Waals surface area contributed by atoms with Crippen LogP contribution in [0.2, 0.25) is 0 Å². The van der Waals surface area contributed by atoms with Crippen LogP contribution in [-0.4, -0.2) is 9.97 Å². The van der Waals surface area contributed by atoms with E-state index in [2.05, 4.69) is 36.8 Å². The standard InChI is InChI=1S/2C7H9N.2CH4/c1-6-3-4-8-5-7(6)2;1-6-4-3-5-8-7(6)2;;/h2*3-5H,1-2H3;2*1H4. The van der Waals surface area contributed by atoms with Gasteiger partial charge < -0.3 is 0 Å². The van der Waals surface area contributed by atoms with E-state index in [1.165, 1.54) is 16.7 Å². The number of nitrogens with zero attached hydrogens (tertiary/aromatic N) is 2. The molecule has 0 atom stereocenters. The van der Waals surface area contributed by atoms with Gasteiger partial charge in [0.15, 0.2) is 0 Å². The maximum absolute atomic E-state index is 4.08. The van der Waals surface area contributed by atoms with Crippen molar-refractivity contribution in [1.82, 2.24) is 9.97 Å². The molecule has 0 N–H and O–H groups in total. The Kier molecular flexibility index (Phi) is 9.68. The molecule has 2 aromatic heterocycles. The minimum atomic E-state index is 0. The van der Waals surface area contributed by atoms with Crippen molar-refractivity contribution in [2.45, 2.75) is 42.5 Å². The number of rotatable bonds is 0. The van der Waals surface area contributed by atoms with Gasteiger partial charge in [0.2, 0.25) is 0 Å². The summed E-state index contributed by atoms with van der Waals surface area (Å²) in [5, 5.41) is 0. The molecule has 0 radical (unpaired) electrons. The van der Waals surface area contributed by atoms with Crippen molar-refractivity contribution in [2.24, 2.45) is 0 Å². The summed E-state index contributed by atoms with van der Waals surface area (Å²) in [4.78, 5) is 8.02. The Morgan fingerprint density at radius 2 is 1.44 bits per heavy atom. The highest BCUT2D eigenvalue weighted by molar-refractivity contribution is 5.18. The maximum Gasteiger partial charge on any atom is 0.0401 e.